The Kier molecular flexibility index (Phi) is 5.62. The quantitative estimate of drug-likeness (QED) is 0.792. The fourth-order valence-electron chi connectivity index (χ4n) is 1.47. The first-order chi connectivity index (χ1) is 8.82. The van der Waals surface area contributed by atoms with E-state index < -0.39 is 10.0 Å². The number of hydrogen-bond acceptors (Lipinski definition) is 3. The number of sulfonamides is 1. The maximum Gasteiger partial charge on any atom is 0.233 e. The molecule has 2 N–H and O–H groups in total. The van der Waals surface area contributed by atoms with Crippen LogP contribution in [0.3, 0.4) is 0 Å². The molecule has 0 fully saturated rings. The van der Waals surface area contributed by atoms with Crippen LogP contribution in [0.15, 0.2) is 24.3 Å². The number of hydrogen-bond donors (Lipinski definition) is 2. The Morgan fingerprint density at radius 3 is 2.26 bits per heavy atom. The van der Waals surface area contributed by atoms with E-state index in [0.29, 0.717) is 17.3 Å². The van der Waals surface area contributed by atoms with Gasteiger partial charge in [-0.25, -0.2) is 8.42 Å². The van der Waals surface area contributed by atoms with Gasteiger partial charge in [-0.2, -0.15) is 0 Å². The molecule has 0 spiro atoms. The van der Waals surface area contributed by atoms with Gasteiger partial charge < -0.3 is 5.32 Å². The molecule has 0 bridgehead atoms. The number of amides is 1. The van der Waals surface area contributed by atoms with E-state index in [1.165, 1.54) is 6.92 Å². The molecule has 0 aliphatic heterocycles. The van der Waals surface area contributed by atoms with Crippen LogP contribution in [0.5, 0.6) is 0 Å². The SMILES string of the molecule is CC(=O)Nc1ccc(NS(=O)(=O)CC(C)CCl)cc1. The third-order valence-electron chi connectivity index (χ3n) is 2.25. The summed E-state index contributed by atoms with van der Waals surface area (Å²) in [6.45, 7) is 3.18. The lowest BCUT2D eigenvalue weighted by atomic mass is 10.3. The van der Waals surface area contributed by atoms with Crippen LogP contribution < -0.4 is 10.0 Å². The molecule has 1 aromatic carbocycles. The van der Waals surface area contributed by atoms with Gasteiger partial charge in [0.1, 0.15) is 0 Å². The normalized spacial score (nSPS) is 12.8. The van der Waals surface area contributed by atoms with Gasteiger partial charge >= 0.3 is 0 Å². The molecule has 0 aromatic heterocycles. The molecule has 7 heteroatoms. The summed E-state index contributed by atoms with van der Waals surface area (Å²) in [7, 11) is -3.40. The molecule has 0 aliphatic carbocycles. The fourth-order valence-corrected chi connectivity index (χ4v) is 3.15. The van der Waals surface area contributed by atoms with E-state index in [2.05, 4.69) is 10.0 Å². The van der Waals surface area contributed by atoms with Crippen molar-refractivity contribution in [2.24, 2.45) is 5.92 Å². The van der Waals surface area contributed by atoms with Gasteiger partial charge in [0, 0.05) is 24.2 Å². The van der Waals surface area contributed by atoms with E-state index in [-0.39, 0.29) is 17.6 Å². The molecule has 106 valence electrons. The molecule has 5 nitrogen and oxygen atoms in total. The van der Waals surface area contributed by atoms with Crippen LogP contribution in [0.1, 0.15) is 13.8 Å². The molecule has 1 unspecified atom stereocenters. The molecule has 1 aromatic rings. The van der Waals surface area contributed by atoms with Crippen LogP contribution in [-0.2, 0) is 14.8 Å². The van der Waals surface area contributed by atoms with Crippen LogP contribution in [-0.4, -0.2) is 26.0 Å². The lowest BCUT2D eigenvalue weighted by Gasteiger charge is -2.11. The predicted molar refractivity (Wildman–Crippen MR) is 78.0 cm³/mol. The minimum atomic E-state index is -3.40. The summed E-state index contributed by atoms with van der Waals surface area (Å²) < 4.78 is 26.0. The van der Waals surface area contributed by atoms with Crippen LogP contribution >= 0.6 is 11.6 Å². The number of halogens is 1. The Bertz CT molecular complexity index is 528. The van der Waals surface area contributed by atoms with Crippen molar-refractivity contribution in [3.63, 3.8) is 0 Å². The van der Waals surface area contributed by atoms with Crippen molar-refractivity contribution in [1.29, 1.82) is 0 Å². The largest absolute Gasteiger partial charge is 0.326 e. The van der Waals surface area contributed by atoms with Crippen molar-refractivity contribution in [3.05, 3.63) is 24.3 Å². The zero-order valence-corrected chi connectivity index (χ0v) is 12.4. The first-order valence-corrected chi connectivity index (χ1v) is 7.95. The summed E-state index contributed by atoms with van der Waals surface area (Å²) >= 11 is 5.60. The molecule has 0 saturated heterocycles. The van der Waals surface area contributed by atoms with Crippen molar-refractivity contribution in [2.75, 3.05) is 21.7 Å². The molecule has 0 aliphatic rings. The summed E-state index contributed by atoms with van der Waals surface area (Å²) in [6.07, 6.45) is 0. The molecule has 0 heterocycles. The number of carbonyl (C=O) groups is 1. The molecule has 1 amide bonds. The Morgan fingerprint density at radius 2 is 1.79 bits per heavy atom. The lowest BCUT2D eigenvalue weighted by molar-refractivity contribution is -0.114. The molecule has 0 radical (unpaired) electrons. The summed E-state index contributed by atoms with van der Waals surface area (Å²) in [4.78, 5) is 10.8. The minimum absolute atomic E-state index is 0.0239. The number of nitrogens with one attached hydrogen (secondary N) is 2. The number of carbonyl (C=O) groups excluding carboxylic acids is 1. The smallest absolute Gasteiger partial charge is 0.233 e. The van der Waals surface area contributed by atoms with Crippen LogP contribution in [0, 0.1) is 5.92 Å². The standard InChI is InChI=1S/C12H17ClN2O3S/c1-9(7-13)8-19(17,18)15-12-5-3-11(4-6-12)14-10(2)16/h3-6,9,15H,7-8H2,1-2H3,(H,14,16). The molecule has 0 saturated carbocycles. The monoisotopic (exact) mass is 304 g/mol. The Balaban J connectivity index is 2.69. The van der Waals surface area contributed by atoms with Crippen molar-refractivity contribution < 1.29 is 13.2 Å². The average Bonchev–Trinajstić information content (AvgIpc) is 2.30. The van der Waals surface area contributed by atoms with E-state index in [9.17, 15) is 13.2 Å². The van der Waals surface area contributed by atoms with Gasteiger partial charge in [0.2, 0.25) is 15.9 Å². The van der Waals surface area contributed by atoms with Gasteiger partial charge in [-0.15, -0.1) is 11.6 Å². The highest BCUT2D eigenvalue weighted by Gasteiger charge is 2.15. The molecular formula is C12H17ClN2O3S. The highest BCUT2D eigenvalue weighted by Crippen LogP contribution is 2.15. The topological polar surface area (TPSA) is 75.3 Å². The Morgan fingerprint density at radius 1 is 1.26 bits per heavy atom. The lowest BCUT2D eigenvalue weighted by Crippen LogP contribution is -2.22. The first-order valence-electron chi connectivity index (χ1n) is 5.76. The number of rotatable bonds is 6. The van der Waals surface area contributed by atoms with Gasteiger partial charge in [0.25, 0.3) is 0 Å². The van der Waals surface area contributed by atoms with E-state index in [4.69, 9.17) is 11.6 Å². The summed E-state index contributed by atoms with van der Waals surface area (Å²) in [5.41, 5.74) is 1.07. The highest BCUT2D eigenvalue weighted by molar-refractivity contribution is 7.92. The number of benzene rings is 1. The first kappa shape index (κ1) is 15.8. The Hall–Kier alpha value is -1.27. The molecule has 19 heavy (non-hydrogen) atoms. The van der Waals surface area contributed by atoms with Gasteiger partial charge in [-0.1, -0.05) is 6.92 Å². The van der Waals surface area contributed by atoms with Gasteiger partial charge in [0.05, 0.1) is 5.75 Å². The maximum absolute atomic E-state index is 11.8. The van der Waals surface area contributed by atoms with Crippen LogP contribution in [0.2, 0.25) is 0 Å². The average molecular weight is 305 g/mol. The van der Waals surface area contributed by atoms with Gasteiger partial charge in [-0.05, 0) is 30.2 Å². The third kappa shape index (κ3) is 5.94. The van der Waals surface area contributed by atoms with Crippen molar-refractivity contribution in [2.45, 2.75) is 13.8 Å². The Labute approximate surface area is 118 Å². The zero-order valence-electron chi connectivity index (χ0n) is 10.8. The van der Waals surface area contributed by atoms with Crippen molar-refractivity contribution in [1.82, 2.24) is 0 Å². The maximum atomic E-state index is 11.8. The number of anilines is 2. The molecule has 1 rings (SSSR count). The van der Waals surface area contributed by atoms with E-state index in [1.54, 1.807) is 31.2 Å². The zero-order chi connectivity index (χ0) is 14.5. The summed E-state index contributed by atoms with van der Waals surface area (Å²) in [6, 6.07) is 6.44. The van der Waals surface area contributed by atoms with Crippen LogP contribution in [0.4, 0.5) is 11.4 Å². The third-order valence-corrected chi connectivity index (χ3v) is 4.33. The fraction of sp³-hybridized carbons (Fsp3) is 0.417. The predicted octanol–water partition coefficient (Wildman–Crippen LogP) is 2.26. The van der Waals surface area contributed by atoms with E-state index in [0.717, 1.165) is 0 Å². The van der Waals surface area contributed by atoms with E-state index >= 15 is 0 Å². The number of alkyl halides is 1. The van der Waals surface area contributed by atoms with Gasteiger partial charge in [0.15, 0.2) is 0 Å². The molecular weight excluding hydrogens is 288 g/mol. The van der Waals surface area contributed by atoms with Crippen molar-refractivity contribution >= 4 is 38.9 Å². The van der Waals surface area contributed by atoms with Crippen LogP contribution in [0.25, 0.3) is 0 Å². The van der Waals surface area contributed by atoms with Crippen molar-refractivity contribution in [3.8, 4) is 0 Å². The second kappa shape index (κ2) is 6.77. The highest BCUT2D eigenvalue weighted by atomic mass is 35.5. The second-order valence-electron chi connectivity index (χ2n) is 4.40. The minimum Gasteiger partial charge on any atom is -0.326 e. The van der Waals surface area contributed by atoms with E-state index in [1.807, 2.05) is 0 Å². The molecule has 1 atom stereocenters. The summed E-state index contributed by atoms with van der Waals surface area (Å²) in [5, 5.41) is 2.60. The second-order valence-corrected chi connectivity index (χ2v) is 6.48. The summed E-state index contributed by atoms with van der Waals surface area (Å²) in [5.74, 6) is -0.0196. The van der Waals surface area contributed by atoms with Gasteiger partial charge in [-0.3, -0.25) is 9.52 Å².